The minimum Gasteiger partial charge on any atom is -0.392 e. The molecule has 3 nitrogen and oxygen atoms in total. The van der Waals surface area contributed by atoms with Crippen LogP contribution in [-0.2, 0) is 6.61 Å². The van der Waals surface area contributed by atoms with E-state index >= 15 is 0 Å². The van der Waals surface area contributed by atoms with Crippen LogP contribution in [-0.4, -0.2) is 15.1 Å². The minimum atomic E-state index is -0.730. The van der Waals surface area contributed by atoms with E-state index in [0.717, 1.165) is 23.9 Å². The van der Waals surface area contributed by atoms with E-state index in [1.807, 2.05) is 0 Å². The number of aromatic nitrogens is 2. The Morgan fingerprint density at radius 2 is 1.71 bits per heavy atom. The zero-order valence-corrected chi connectivity index (χ0v) is 9.42. The molecule has 0 unspecified atom stereocenters. The van der Waals surface area contributed by atoms with Crippen molar-refractivity contribution in [2.75, 3.05) is 0 Å². The van der Waals surface area contributed by atoms with Crippen LogP contribution in [0.1, 0.15) is 5.56 Å². The van der Waals surface area contributed by atoms with Crippen molar-refractivity contribution in [3.8, 4) is 0 Å². The number of hydrogen-bond acceptors (Lipinski definition) is 4. The highest BCUT2D eigenvalue weighted by atomic mass is 32.2. The van der Waals surface area contributed by atoms with Crippen LogP contribution in [0.5, 0.6) is 0 Å². The molecule has 1 aromatic carbocycles. The Balaban J connectivity index is 2.33. The molecule has 0 bridgehead atoms. The lowest BCUT2D eigenvalue weighted by Gasteiger charge is -2.05. The van der Waals surface area contributed by atoms with Gasteiger partial charge in [0.2, 0.25) is 0 Å². The van der Waals surface area contributed by atoms with Gasteiger partial charge in [-0.3, -0.25) is 0 Å². The first-order valence-corrected chi connectivity index (χ1v) is 5.56. The van der Waals surface area contributed by atoms with Gasteiger partial charge in [0.15, 0.2) is 5.16 Å². The molecule has 0 spiro atoms. The van der Waals surface area contributed by atoms with Crippen LogP contribution in [0, 0.1) is 11.6 Å². The van der Waals surface area contributed by atoms with E-state index in [-0.39, 0.29) is 15.6 Å². The lowest BCUT2D eigenvalue weighted by Crippen LogP contribution is -1.94. The molecule has 6 heteroatoms. The lowest BCUT2D eigenvalue weighted by atomic mass is 10.2. The number of aliphatic hydroxyl groups excluding tert-OH is 1. The van der Waals surface area contributed by atoms with Gasteiger partial charge >= 0.3 is 0 Å². The van der Waals surface area contributed by atoms with Gasteiger partial charge in [0, 0.05) is 12.4 Å². The van der Waals surface area contributed by atoms with Crippen LogP contribution in [0.25, 0.3) is 0 Å². The molecule has 0 fully saturated rings. The van der Waals surface area contributed by atoms with Gasteiger partial charge in [-0.25, -0.2) is 18.7 Å². The summed E-state index contributed by atoms with van der Waals surface area (Å²) in [5.74, 6) is -1.46. The zero-order valence-electron chi connectivity index (χ0n) is 8.60. The molecule has 0 radical (unpaired) electrons. The molecule has 1 aromatic heterocycles. The van der Waals surface area contributed by atoms with E-state index in [1.54, 1.807) is 6.07 Å². The van der Waals surface area contributed by atoms with Gasteiger partial charge in [0.25, 0.3) is 0 Å². The molecule has 0 saturated heterocycles. The van der Waals surface area contributed by atoms with Gasteiger partial charge in [0.05, 0.1) is 11.5 Å². The first-order chi connectivity index (χ1) is 8.20. The first kappa shape index (κ1) is 11.9. The van der Waals surface area contributed by atoms with Crippen molar-refractivity contribution in [2.45, 2.75) is 16.7 Å². The van der Waals surface area contributed by atoms with Crippen molar-refractivity contribution in [3.05, 3.63) is 47.8 Å². The summed E-state index contributed by atoms with van der Waals surface area (Å²) in [6.45, 7) is -0.402. The molecule has 0 aliphatic carbocycles. The third-order valence-electron chi connectivity index (χ3n) is 1.98. The normalized spacial score (nSPS) is 10.5. The Morgan fingerprint density at radius 1 is 1.12 bits per heavy atom. The fraction of sp³-hybridized carbons (Fsp3) is 0.0909. The molecule has 2 aromatic rings. The Labute approximate surface area is 101 Å². The van der Waals surface area contributed by atoms with Crippen molar-refractivity contribution < 1.29 is 13.9 Å². The van der Waals surface area contributed by atoms with Crippen LogP contribution >= 0.6 is 11.8 Å². The Bertz CT molecular complexity index is 499. The van der Waals surface area contributed by atoms with Crippen LogP contribution in [0.15, 0.2) is 40.6 Å². The largest absolute Gasteiger partial charge is 0.392 e. The second-order valence-electron chi connectivity index (χ2n) is 3.18. The topological polar surface area (TPSA) is 46.0 Å². The van der Waals surface area contributed by atoms with Gasteiger partial charge in [-0.2, -0.15) is 0 Å². The summed E-state index contributed by atoms with van der Waals surface area (Å²) in [6, 6.07) is 3.80. The highest BCUT2D eigenvalue weighted by Gasteiger charge is 2.13. The molecule has 17 heavy (non-hydrogen) atoms. The molecule has 2 rings (SSSR count). The van der Waals surface area contributed by atoms with Crippen molar-refractivity contribution in [1.29, 1.82) is 0 Å². The van der Waals surface area contributed by atoms with Crippen molar-refractivity contribution >= 4 is 11.8 Å². The van der Waals surface area contributed by atoms with Gasteiger partial charge in [-0.1, -0.05) is 0 Å². The molecule has 1 N–H and O–H groups in total. The monoisotopic (exact) mass is 254 g/mol. The van der Waals surface area contributed by atoms with E-state index in [0.29, 0.717) is 0 Å². The number of nitrogens with zero attached hydrogens (tertiary/aromatic N) is 2. The van der Waals surface area contributed by atoms with Gasteiger partial charge in [-0.15, -0.1) is 0 Å². The fourth-order valence-electron chi connectivity index (χ4n) is 1.23. The van der Waals surface area contributed by atoms with Gasteiger partial charge in [0.1, 0.15) is 11.6 Å². The SMILES string of the molecule is OCc1cc(F)c(Sc2ncccn2)c(F)c1. The average Bonchev–Trinajstić information content (AvgIpc) is 2.35. The van der Waals surface area contributed by atoms with Crippen LogP contribution < -0.4 is 0 Å². The molecule has 0 atom stereocenters. The second kappa shape index (κ2) is 5.20. The molecule has 0 saturated carbocycles. The van der Waals surface area contributed by atoms with Crippen molar-refractivity contribution in [2.24, 2.45) is 0 Å². The van der Waals surface area contributed by atoms with E-state index in [2.05, 4.69) is 9.97 Å². The predicted molar refractivity (Wildman–Crippen MR) is 58.4 cm³/mol. The predicted octanol–water partition coefficient (Wildman–Crippen LogP) is 2.40. The summed E-state index contributed by atoms with van der Waals surface area (Å²) in [5.41, 5.74) is 0.193. The summed E-state index contributed by atoms with van der Waals surface area (Å²) in [4.78, 5) is 7.56. The summed E-state index contributed by atoms with van der Waals surface area (Å²) < 4.78 is 27.1. The van der Waals surface area contributed by atoms with Crippen LogP contribution in [0.3, 0.4) is 0 Å². The summed E-state index contributed by atoms with van der Waals surface area (Å²) in [7, 11) is 0. The van der Waals surface area contributed by atoms with Crippen LogP contribution in [0.2, 0.25) is 0 Å². The van der Waals surface area contributed by atoms with Gasteiger partial charge < -0.3 is 5.11 Å². The Morgan fingerprint density at radius 3 is 2.24 bits per heavy atom. The van der Waals surface area contributed by atoms with Crippen molar-refractivity contribution in [3.63, 3.8) is 0 Å². The lowest BCUT2D eigenvalue weighted by molar-refractivity contribution is 0.280. The van der Waals surface area contributed by atoms with E-state index < -0.39 is 18.2 Å². The molecule has 0 amide bonds. The van der Waals surface area contributed by atoms with E-state index in [4.69, 9.17) is 5.11 Å². The maximum atomic E-state index is 13.6. The summed E-state index contributed by atoms with van der Waals surface area (Å²) >= 11 is 0.806. The quantitative estimate of drug-likeness (QED) is 0.854. The highest BCUT2D eigenvalue weighted by molar-refractivity contribution is 7.99. The Hall–Kier alpha value is -1.53. The standard InChI is InChI=1S/C11H8F2N2OS/c12-8-4-7(6-16)5-9(13)10(8)17-11-14-2-1-3-15-11/h1-5,16H,6H2. The molecule has 0 aliphatic rings. The molecule has 88 valence electrons. The number of hydrogen-bond donors (Lipinski definition) is 1. The fourth-order valence-corrected chi connectivity index (χ4v) is 1.95. The smallest absolute Gasteiger partial charge is 0.192 e. The third kappa shape index (κ3) is 2.78. The summed E-state index contributed by atoms with van der Waals surface area (Å²) in [6.07, 6.45) is 2.99. The van der Waals surface area contributed by atoms with E-state index in [9.17, 15) is 8.78 Å². The van der Waals surface area contributed by atoms with Crippen LogP contribution in [0.4, 0.5) is 8.78 Å². The number of benzene rings is 1. The molecular weight excluding hydrogens is 246 g/mol. The van der Waals surface area contributed by atoms with E-state index in [1.165, 1.54) is 12.4 Å². The maximum Gasteiger partial charge on any atom is 0.192 e. The highest BCUT2D eigenvalue weighted by Crippen LogP contribution is 2.30. The minimum absolute atomic E-state index is 0.173. The van der Waals surface area contributed by atoms with Crippen molar-refractivity contribution in [1.82, 2.24) is 9.97 Å². The second-order valence-corrected chi connectivity index (χ2v) is 4.16. The zero-order chi connectivity index (χ0) is 12.3. The number of aliphatic hydroxyl groups is 1. The molecular formula is C11H8F2N2OS. The summed E-state index contributed by atoms with van der Waals surface area (Å²) in [5, 5.41) is 9.07. The van der Waals surface area contributed by atoms with Gasteiger partial charge in [-0.05, 0) is 35.5 Å². The first-order valence-electron chi connectivity index (χ1n) is 4.74. The Kier molecular flexibility index (Phi) is 3.65. The number of halogens is 2. The average molecular weight is 254 g/mol. The number of rotatable bonds is 3. The molecule has 1 heterocycles. The molecule has 0 aliphatic heterocycles. The maximum absolute atomic E-state index is 13.6. The third-order valence-corrected chi connectivity index (χ3v) is 2.96.